The molecule has 2 amide bonds. The topological polar surface area (TPSA) is 84.0 Å². The number of hydrogen-bond donors (Lipinski definition) is 2. The van der Waals surface area contributed by atoms with Crippen LogP contribution in [-0.2, 0) is 4.79 Å². The van der Waals surface area contributed by atoms with Gasteiger partial charge in [0.15, 0.2) is 5.13 Å². The van der Waals surface area contributed by atoms with Gasteiger partial charge >= 0.3 is 0 Å². The molecule has 0 fully saturated rings. The van der Waals surface area contributed by atoms with Crippen LogP contribution in [0, 0.1) is 0 Å². The summed E-state index contributed by atoms with van der Waals surface area (Å²) in [6, 6.07) is 9.39. The molecule has 0 radical (unpaired) electrons. The molecule has 0 spiro atoms. The second-order valence-electron chi connectivity index (χ2n) is 5.34. The van der Waals surface area contributed by atoms with E-state index in [9.17, 15) is 9.59 Å². The summed E-state index contributed by atoms with van der Waals surface area (Å²) >= 11 is 4.32. The molecule has 3 aromatic heterocycles. The van der Waals surface area contributed by atoms with E-state index in [-0.39, 0.29) is 11.8 Å². The summed E-state index contributed by atoms with van der Waals surface area (Å²) in [5.74, 6) is -0.361. The molecule has 6 nitrogen and oxygen atoms in total. The number of carbonyl (C=O) groups is 2. The largest absolute Gasteiger partial charge is 0.321 e. The molecule has 0 unspecified atom stereocenters. The zero-order valence-electron chi connectivity index (χ0n) is 13.5. The number of amides is 2. The van der Waals surface area contributed by atoms with Gasteiger partial charge in [-0.25, -0.2) is 9.97 Å². The zero-order chi connectivity index (χ0) is 18.1. The Balaban J connectivity index is 1.53. The normalized spacial score (nSPS) is 10.8. The van der Waals surface area contributed by atoms with Crippen LogP contribution in [0.4, 0.5) is 10.8 Å². The van der Waals surface area contributed by atoms with Gasteiger partial charge in [-0.1, -0.05) is 17.4 Å². The van der Waals surface area contributed by atoms with Crippen molar-refractivity contribution in [2.45, 2.75) is 6.92 Å². The van der Waals surface area contributed by atoms with Crippen LogP contribution < -0.4 is 10.6 Å². The highest BCUT2D eigenvalue weighted by atomic mass is 32.1. The van der Waals surface area contributed by atoms with Gasteiger partial charge < -0.3 is 10.6 Å². The number of benzene rings is 1. The molecule has 0 atom stereocenters. The second-order valence-corrected chi connectivity index (χ2v) is 8.35. The number of hydrogen-bond acceptors (Lipinski definition) is 7. The average Bonchev–Trinajstić information content (AvgIpc) is 3.33. The quantitative estimate of drug-likeness (QED) is 0.520. The lowest BCUT2D eigenvalue weighted by Crippen LogP contribution is -2.09. The first-order chi connectivity index (χ1) is 12.6. The molecule has 4 aromatic rings. The van der Waals surface area contributed by atoms with E-state index in [2.05, 4.69) is 20.6 Å². The van der Waals surface area contributed by atoms with Gasteiger partial charge in [-0.05, 0) is 29.6 Å². The molecule has 9 heteroatoms. The first kappa shape index (κ1) is 16.8. The lowest BCUT2D eigenvalue weighted by Gasteiger charge is -2.02. The van der Waals surface area contributed by atoms with Crippen molar-refractivity contribution in [3.05, 3.63) is 46.8 Å². The standard InChI is InChI=1S/C17H12N4O2S3/c1-9(22)19-17-21-11-5-4-10(7-13(11)26-17)20-15(23)14-8-18-16(25-14)12-3-2-6-24-12/h2-8H,1H3,(H,20,23)(H,19,21,22). The first-order valence-electron chi connectivity index (χ1n) is 7.58. The summed E-state index contributed by atoms with van der Waals surface area (Å²) in [5.41, 5.74) is 1.45. The maximum Gasteiger partial charge on any atom is 0.267 e. The number of fused-ring (bicyclic) bond motifs is 1. The summed E-state index contributed by atoms with van der Waals surface area (Å²) in [5, 5.41) is 8.92. The third-order valence-electron chi connectivity index (χ3n) is 3.39. The first-order valence-corrected chi connectivity index (χ1v) is 10.1. The Hall–Kier alpha value is -2.62. The van der Waals surface area contributed by atoms with Crippen molar-refractivity contribution in [3.8, 4) is 9.88 Å². The Morgan fingerprint density at radius 2 is 2.00 bits per heavy atom. The summed E-state index contributed by atoms with van der Waals surface area (Å²) in [6.07, 6.45) is 1.59. The molecule has 4 rings (SSSR count). The third kappa shape index (κ3) is 3.50. The lowest BCUT2D eigenvalue weighted by molar-refractivity contribution is -0.114. The molecule has 0 aliphatic rings. The van der Waals surface area contributed by atoms with E-state index in [0.717, 1.165) is 20.1 Å². The van der Waals surface area contributed by atoms with Crippen molar-refractivity contribution in [2.24, 2.45) is 0 Å². The number of thiophene rings is 1. The fourth-order valence-electron chi connectivity index (χ4n) is 2.29. The van der Waals surface area contributed by atoms with Gasteiger partial charge in [0.2, 0.25) is 5.91 Å². The number of nitrogens with zero attached hydrogens (tertiary/aromatic N) is 2. The van der Waals surface area contributed by atoms with Gasteiger partial charge in [0, 0.05) is 12.6 Å². The van der Waals surface area contributed by atoms with Gasteiger partial charge in [0.05, 0.1) is 21.3 Å². The minimum absolute atomic E-state index is 0.163. The maximum absolute atomic E-state index is 12.5. The number of carbonyl (C=O) groups excluding carboxylic acids is 2. The van der Waals surface area contributed by atoms with Crippen LogP contribution >= 0.6 is 34.0 Å². The SMILES string of the molecule is CC(=O)Nc1nc2ccc(NC(=O)c3cnc(-c4cccs4)s3)cc2s1. The van der Waals surface area contributed by atoms with E-state index in [4.69, 9.17) is 0 Å². The summed E-state index contributed by atoms with van der Waals surface area (Å²) in [4.78, 5) is 33.9. The maximum atomic E-state index is 12.5. The van der Waals surface area contributed by atoms with Crippen LogP contribution in [0.3, 0.4) is 0 Å². The van der Waals surface area contributed by atoms with E-state index < -0.39 is 0 Å². The average molecular weight is 401 g/mol. The number of aromatic nitrogens is 2. The van der Waals surface area contributed by atoms with E-state index in [1.807, 2.05) is 29.6 Å². The van der Waals surface area contributed by atoms with Crippen molar-refractivity contribution >= 4 is 66.9 Å². The fourth-order valence-corrected chi connectivity index (χ4v) is 4.86. The van der Waals surface area contributed by atoms with Crippen molar-refractivity contribution in [3.63, 3.8) is 0 Å². The highest BCUT2D eigenvalue weighted by molar-refractivity contribution is 7.22. The number of anilines is 2. The second kappa shape index (κ2) is 6.94. The van der Waals surface area contributed by atoms with Gasteiger partial charge in [-0.15, -0.1) is 22.7 Å². The highest BCUT2D eigenvalue weighted by Gasteiger charge is 2.13. The Labute approximate surface area is 160 Å². The highest BCUT2D eigenvalue weighted by Crippen LogP contribution is 2.31. The molecule has 1 aromatic carbocycles. The van der Waals surface area contributed by atoms with Crippen molar-refractivity contribution in [1.82, 2.24) is 9.97 Å². The number of nitrogens with one attached hydrogen (secondary N) is 2. The smallest absolute Gasteiger partial charge is 0.267 e. The molecule has 0 saturated heterocycles. The van der Waals surface area contributed by atoms with Gasteiger partial charge in [-0.2, -0.15) is 0 Å². The molecule has 2 N–H and O–H groups in total. The van der Waals surface area contributed by atoms with Crippen LogP contribution in [0.15, 0.2) is 41.9 Å². The van der Waals surface area contributed by atoms with Crippen LogP contribution in [-0.4, -0.2) is 21.8 Å². The van der Waals surface area contributed by atoms with Gasteiger partial charge in [0.1, 0.15) is 9.88 Å². The molecule has 130 valence electrons. The van der Waals surface area contributed by atoms with E-state index in [0.29, 0.717) is 15.7 Å². The number of rotatable bonds is 4. The molecular weight excluding hydrogens is 388 g/mol. The van der Waals surface area contributed by atoms with E-state index >= 15 is 0 Å². The van der Waals surface area contributed by atoms with Crippen molar-refractivity contribution in [1.29, 1.82) is 0 Å². The Morgan fingerprint density at radius 1 is 1.12 bits per heavy atom. The van der Waals surface area contributed by atoms with Gasteiger partial charge in [0.25, 0.3) is 5.91 Å². The molecule has 0 aliphatic carbocycles. The van der Waals surface area contributed by atoms with E-state index in [1.54, 1.807) is 23.6 Å². The minimum atomic E-state index is -0.198. The third-order valence-corrected chi connectivity index (χ3v) is 6.36. The van der Waals surface area contributed by atoms with Crippen LogP contribution in [0.1, 0.15) is 16.6 Å². The Kier molecular flexibility index (Phi) is 4.49. The molecule has 26 heavy (non-hydrogen) atoms. The van der Waals surface area contributed by atoms with Crippen LogP contribution in [0.5, 0.6) is 0 Å². The van der Waals surface area contributed by atoms with Crippen molar-refractivity contribution < 1.29 is 9.59 Å². The Bertz CT molecular complexity index is 1100. The van der Waals surface area contributed by atoms with Gasteiger partial charge in [-0.3, -0.25) is 9.59 Å². The summed E-state index contributed by atoms with van der Waals surface area (Å²) in [7, 11) is 0. The van der Waals surface area contributed by atoms with Crippen LogP contribution in [0.2, 0.25) is 0 Å². The molecule has 0 aliphatic heterocycles. The molecule has 0 bridgehead atoms. The molecule has 0 saturated carbocycles. The van der Waals surface area contributed by atoms with E-state index in [1.165, 1.54) is 29.6 Å². The predicted octanol–water partition coefficient (Wildman–Crippen LogP) is 4.69. The molecular formula is C17H12N4O2S3. The monoisotopic (exact) mass is 400 g/mol. The summed E-state index contributed by atoms with van der Waals surface area (Å²) in [6.45, 7) is 1.44. The minimum Gasteiger partial charge on any atom is -0.321 e. The predicted molar refractivity (Wildman–Crippen MR) is 107 cm³/mol. The zero-order valence-corrected chi connectivity index (χ0v) is 15.9. The van der Waals surface area contributed by atoms with Crippen LogP contribution in [0.25, 0.3) is 20.1 Å². The Morgan fingerprint density at radius 3 is 2.77 bits per heavy atom. The number of thiazole rings is 2. The fraction of sp³-hybridized carbons (Fsp3) is 0.0588. The van der Waals surface area contributed by atoms with Crippen molar-refractivity contribution in [2.75, 3.05) is 10.6 Å². The lowest BCUT2D eigenvalue weighted by atomic mass is 10.3. The summed E-state index contributed by atoms with van der Waals surface area (Å²) < 4.78 is 0.884. The molecule has 3 heterocycles.